The quantitative estimate of drug-likeness (QED) is 0.517. The van der Waals surface area contributed by atoms with Gasteiger partial charge >= 0.3 is 0 Å². The van der Waals surface area contributed by atoms with Crippen molar-refractivity contribution in [3.05, 3.63) is 35.9 Å². The van der Waals surface area contributed by atoms with E-state index in [-0.39, 0.29) is 0 Å². The van der Waals surface area contributed by atoms with E-state index in [1.165, 1.54) is 24.8 Å². The third-order valence-corrected chi connectivity index (χ3v) is 4.96. The highest BCUT2D eigenvalue weighted by atomic mass is 127. The highest BCUT2D eigenvalue weighted by Gasteiger charge is 2.23. The fraction of sp³-hybridized carbons (Fsp3) is 0.571. The number of rotatable bonds is 3. The van der Waals surface area contributed by atoms with Crippen molar-refractivity contribution in [1.82, 2.24) is 4.90 Å². The number of likely N-dealkylation sites (tertiary alicyclic amines) is 1. The number of hydrogen-bond acceptors (Lipinski definition) is 2. The molecule has 0 aromatic heterocycles. The third-order valence-electron chi connectivity index (χ3n) is 3.45. The Balaban J connectivity index is 2.05. The van der Waals surface area contributed by atoms with Crippen LogP contribution in [0.25, 0.3) is 0 Å². The molecule has 0 radical (unpaired) electrons. The van der Waals surface area contributed by atoms with E-state index in [2.05, 4.69) is 57.8 Å². The first kappa shape index (κ1) is 13.3. The van der Waals surface area contributed by atoms with Gasteiger partial charge in [-0.15, -0.1) is 0 Å². The summed E-state index contributed by atoms with van der Waals surface area (Å²) in [5, 5.41) is 9.36. The number of nitrogens with zero attached hydrogens (tertiary/aromatic N) is 1. The topological polar surface area (TPSA) is 23.5 Å². The van der Waals surface area contributed by atoms with E-state index in [0.29, 0.717) is 16.6 Å². The molecule has 94 valence electrons. The minimum atomic E-state index is 0.328. The van der Waals surface area contributed by atoms with E-state index in [4.69, 9.17) is 0 Å². The smallest absolute Gasteiger partial charge is 0.0874 e. The van der Waals surface area contributed by atoms with Crippen LogP contribution in [0.3, 0.4) is 0 Å². The maximum absolute atomic E-state index is 9.36. The maximum Gasteiger partial charge on any atom is 0.0874 e. The minimum Gasteiger partial charge on any atom is -0.396 e. The molecule has 1 aliphatic rings. The first-order valence-electron chi connectivity index (χ1n) is 6.35. The van der Waals surface area contributed by atoms with Crippen LogP contribution < -0.4 is 0 Å². The predicted octanol–water partition coefficient (Wildman–Crippen LogP) is 3.21. The molecule has 0 amide bonds. The summed E-state index contributed by atoms with van der Waals surface area (Å²) in [6.07, 6.45) is 3.67. The van der Waals surface area contributed by atoms with Crippen LogP contribution in [-0.4, -0.2) is 29.7 Å². The average molecular weight is 345 g/mol. The Kier molecular flexibility index (Phi) is 5.25. The third kappa shape index (κ3) is 3.66. The van der Waals surface area contributed by atoms with Gasteiger partial charge in [0.1, 0.15) is 0 Å². The zero-order valence-electron chi connectivity index (χ0n) is 10.1. The van der Waals surface area contributed by atoms with Crippen LogP contribution >= 0.6 is 22.6 Å². The molecule has 3 heteroatoms. The molecule has 17 heavy (non-hydrogen) atoms. The number of alkyl halides is 1. The second kappa shape index (κ2) is 6.71. The number of hydrogen-bond donors (Lipinski definition) is 1. The van der Waals surface area contributed by atoms with Gasteiger partial charge in [0, 0.05) is 13.2 Å². The van der Waals surface area contributed by atoms with Crippen LogP contribution in [0.4, 0.5) is 0 Å². The van der Waals surface area contributed by atoms with Crippen LogP contribution in [0.1, 0.15) is 28.9 Å². The van der Waals surface area contributed by atoms with Crippen molar-refractivity contribution in [2.24, 2.45) is 5.92 Å². The van der Waals surface area contributed by atoms with E-state index >= 15 is 0 Å². The molecule has 2 unspecified atom stereocenters. The largest absolute Gasteiger partial charge is 0.396 e. The zero-order valence-corrected chi connectivity index (χ0v) is 12.2. The van der Waals surface area contributed by atoms with Crippen molar-refractivity contribution < 1.29 is 5.11 Å². The van der Waals surface area contributed by atoms with Crippen molar-refractivity contribution >= 4 is 22.6 Å². The van der Waals surface area contributed by atoms with Gasteiger partial charge < -0.3 is 5.11 Å². The molecule has 0 spiro atoms. The van der Waals surface area contributed by atoms with Gasteiger partial charge in [-0.25, -0.2) is 0 Å². The van der Waals surface area contributed by atoms with Gasteiger partial charge in [-0.2, -0.15) is 0 Å². The monoisotopic (exact) mass is 345 g/mol. The molecule has 0 saturated carbocycles. The van der Waals surface area contributed by atoms with Crippen LogP contribution in [0.15, 0.2) is 30.3 Å². The average Bonchev–Trinajstić information content (AvgIpc) is 2.64. The lowest BCUT2D eigenvalue weighted by molar-refractivity contribution is 0.170. The molecule has 2 nitrogen and oxygen atoms in total. The number of aliphatic hydroxyl groups is 1. The van der Waals surface area contributed by atoms with E-state index in [1.807, 2.05) is 0 Å². The second-order valence-electron chi connectivity index (χ2n) is 4.79. The van der Waals surface area contributed by atoms with E-state index in [1.54, 1.807) is 0 Å². The summed E-state index contributed by atoms with van der Waals surface area (Å²) in [7, 11) is 0. The lowest BCUT2D eigenvalue weighted by atomic mass is 10.0. The Bertz CT molecular complexity index is 330. The molecule has 1 saturated heterocycles. The SMILES string of the molecule is OCC1CCCCN(C(I)c2ccccc2)C1. The normalized spacial score (nSPS) is 24.2. The van der Waals surface area contributed by atoms with Gasteiger partial charge in [0.25, 0.3) is 0 Å². The predicted molar refractivity (Wildman–Crippen MR) is 79.2 cm³/mol. The van der Waals surface area contributed by atoms with E-state index < -0.39 is 0 Å². The Morgan fingerprint density at radius 1 is 1.29 bits per heavy atom. The van der Waals surface area contributed by atoms with Crippen molar-refractivity contribution in [1.29, 1.82) is 0 Å². The van der Waals surface area contributed by atoms with Crippen molar-refractivity contribution in [3.63, 3.8) is 0 Å². The molecule has 1 aliphatic heterocycles. The summed E-state index contributed by atoms with van der Waals surface area (Å²) < 4.78 is 0.431. The molecule has 0 bridgehead atoms. The maximum atomic E-state index is 9.36. The van der Waals surface area contributed by atoms with Gasteiger partial charge in [-0.3, -0.25) is 4.90 Å². The number of benzene rings is 1. The molecule has 2 atom stereocenters. The van der Waals surface area contributed by atoms with Gasteiger partial charge in [0.2, 0.25) is 0 Å². The summed E-state index contributed by atoms with van der Waals surface area (Å²) in [5.74, 6) is 0.457. The highest BCUT2D eigenvalue weighted by Crippen LogP contribution is 2.31. The van der Waals surface area contributed by atoms with Gasteiger partial charge in [0.15, 0.2) is 0 Å². The molecule has 1 heterocycles. The Morgan fingerprint density at radius 2 is 2.06 bits per heavy atom. The molecule has 1 N–H and O–H groups in total. The zero-order chi connectivity index (χ0) is 12.1. The van der Waals surface area contributed by atoms with Gasteiger partial charge in [-0.05, 0) is 30.9 Å². The van der Waals surface area contributed by atoms with Crippen molar-refractivity contribution in [2.75, 3.05) is 19.7 Å². The Hall–Kier alpha value is -0.130. The summed E-state index contributed by atoms with van der Waals surface area (Å²) in [6.45, 7) is 2.51. The number of halogens is 1. The van der Waals surface area contributed by atoms with E-state index in [0.717, 1.165) is 13.1 Å². The summed E-state index contributed by atoms with van der Waals surface area (Å²) in [5.41, 5.74) is 1.37. The van der Waals surface area contributed by atoms with Crippen molar-refractivity contribution in [2.45, 2.75) is 23.3 Å². The van der Waals surface area contributed by atoms with E-state index in [9.17, 15) is 5.11 Å². The molecule has 1 aromatic rings. The molecular formula is C14H20INO. The van der Waals surface area contributed by atoms with Gasteiger partial charge in [0.05, 0.1) is 4.05 Å². The van der Waals surface area contributed by atoms with Crippen LogP contribution in [0.2, 0.25) is 0 Å². The standard InChI is InChI=1S/C14H20INO/c15-14(13-7-2-1-3-8-13)16-9-5-4-6-12(10-16)11-17/h1-3,7-8,12,14,17H,4-6,9-11H2. The first-order valence-corrected chi connectivity index (χ1v) is 7.59. The lowest BCUT2D eigenvalue weighted by Crippen LogP contribution is -2.31. The lowest BCUT2D eigenvalue weighted by Gasteiger charge is -2.28. The minimum absolute atomic E-state index is 0.328. The highest BCUT2D eigenvalue weighted by molar-refractivity contribution is 14.1. The molecule has 0 aliphatic carbocycles. The Labute approximate surface area is 117 Å². The van der Waals surface area contributed by atoms with Crippen LogP contribution in [0.5, 0.6) is 0 Å². The number of aliphatic hydroxyl groups excluding tert-OH is 1. The summed E-state index contributed by atoms with van der Waals surface area (Å²) >= 11 is 2.51. The summed E-state index contributed by atoms with van der Waals surface area (Å²) in [6, 6.07) is 10.6. The molecular weight excluding hydrogens is 325 g/mol. The molecule has 2 rings (SSSR count). The van der Waals surface area contributed by atoms with Crippen LogP contribution in [0, 0.1) is 5.92 Å². The molecule has 1 aromatic carbocycles. The fourth-order valence-electron chi connectivity index (χ4n) is 2.44. The first-order chi connectivity index (χ1) is 8.31. The van der Waals surface area contributed by atoms with Crippen molar-refractivity contribution in [3.8, 4) is 0 Å². The summed E-state index contributed by atoms with van der Waals surface area (Å²) in [4.78, 5) is 2.50. The second-order valence-corrected chi connectivity index (χ2v) is 5.97. The fourth-order valence-corrected chi connectivity index (χ4v) is 3.36. The Morgan fingerprint density at radius 3 is 2.76 bits per heavy atom. The van der Waals surface area contributed by atoms with Gasteiger partial charge in [-0.1, -0.05) is 59.3 Å². The van der Waals surface area contributed by atoms with Crippen LogP contribution in [-0.2, 0) is 0 Å². The molecule has 1 fully saturated rings.